The number of hydrogen-bond acceptors (Lipinski definition) is 5. The van der Waals surface area contributed by atoms with Gasteiger partial charge in [0.15, 0.2) is 11.5 Å². The fourth-order valence-corrected chi connectivity index (χ4v) is 3.76. The monoisotopic (exact) mass is 477 g/mol. The second-order valence-corrected chi connectivity index (χ2v) is 8.52. The maximum absolute atomic E-state index is 12.9. The van der Waals surface area contributed by atoms with Crippen LogP contribution in [0.2, 0.25) is 0 Å². The first-order valence-electron chi connectivity index (χ1n) is 11.3. The second-order valence-electron chi connectivity index (χ2n) is 8.52. The smallest absolute Gasteiger partial charge is 0.493 e. The Labute approximate surface area is 197 Å². The van der Waals surface area contributed by atoms with Crippen LogP contribution in [0, 0.1) is 11.8 Å². The first-order chi connectivity index (χ1) is 16.1. The number of nitrogens with zero attached hydrogens (tertiary/aromatic N) is 2. The van der Waals surface area contributed by atoms with Crippen LogP contribution in [0.1, 0.15) is 44.7 Å². The average molecular weight is 478 g/mol. The fraction of sp³-hybridized carbons (Fsp3) is 0.440. The molecule has 1 heterocycles. The van der Waals surface area contributed by atoms with Crippen molar-refractivity contribution in [1.29, 1.82) is 0 Å². The molecule has 1 atom stereocenters. The van der Waals surface area contributed by atoms with Gasteiger partial charge in [-0.1, -0.05) is 32.9 Å². The van der Waals surface area contributed by atoms with Crippen LogP contribution in [0.5, 0.6) is 11.5 Å². The van der Waals surface area contributed by atoms with Gasteiger partial charge in [-0.25, -0.2) is 0 Å². The molecule has 1 aliphatic rings. The molecule has 6 nitrogen and oxygen atoms in total. The molecule has 0 spiro atoms. The number of amides is 1. The van der Waals surface area contributed by atoms with Gasteiger partial charge in [-0.05, 0) is 48.7 Å². The molecule has 0 fully saturated rings. The van der Waals surface area contributed by atoms with Gasteiger partial charge < -0.3 is 14.8 Å². The van der Waals surface area contributed by atoms with E-state index in [-0.39, 0.29) is 29.2 Å². The lowest BCUT2D eigenvalue weighted by atomic mass is 9.90. The molecular formula is C25H30F3N3O3. The average Bonchev–Trinajstić information content (AvgIpc) is 2.79. The summed E-state index contributed by atoms with van der Waals surface area (Å²) < 4.78 is 47.8. The maximum Gasteiger partial charge on any atom is 0.573 e. The Hall–Kier alpha value is -3.23. The molecule has 0 bridgehead atoms. The van der Waals surface area contributed by atoms with Crippen LogP contribution < -0.4 is 14.8 Å². The summed E-state index contributed by atoms with van der Waals surface area (Å²) in [6.07, 6.45) is -3.17. The van der Waals surface area contributed by atoms with E-state index >= 15 is 0 Å². The van der Waals surface area contributed by atoms with Crippen molar-refractivity contribution in [3.63, 3.8) is 0 Å². The van der Waals surface area contributed by atoms with Crippen LogP contribution >= 0.6 is 0 Å². The van der Waals surface area contributed by atoms with Gasteiger partial charge >= 0.3 is 6.36 Å². The first-order valence-corrected chi connectivity index (χ1v) is 11.3. The number of anilines is 1. The van der Waals surface area contributed by atoms with E-state index in [0.29, 0.717) is 12.1 Å². The van der Waals surface area contributed by atoms with Gasteiger partial charge in [-0.15, -0.1) is 13.2 Å². The van der Waals surface area contributed by atoms with Crippen molar-refractivity contribution in [2.45, 2.75) is 46.5 Å². The minimum absolute atomic E-state index is 0.00652. The Morgan fingerprint density at radius 1 is 1.18 bits per heavy atom. The minimum Gasteiger partial charge on any atom is -0.493 e. The highest BCUT2D eigenvalue weighted by atomic mass is 19.4. The molecule has 2 aromatic rings. The van der Waals surface area contributed by atoms with Gasteiger partial charge in [0.05, 0.1) is 19.4 Å². The van der Waals surface area contributed by atoms with Crippen LogP contribution in [-0.4, -0.2) is 36.6 Å². The number of hydrazone groups is 1. The standard InChI is InChI=1S/C25H30F3N3O3/c1-5-18-12-13-31(15-17-6-9-20(10-7-17)29-24(32)16(2)3)30-23(18)19-8-11-21(33-4)22(14-19)34-25(26,27)28/h6-11,14,16,18H,5,12-13,15H2,1-4H3,(H,29,32). The number of methoxy groups -OCH3 is 1. The summed E-state index contributed by atoms with van der Waals surface area (Å²) in [6.45, 7) is 6.98. The molecule has 0 radical (unpaired) electrons. The molecule has 1 unspecified atom stereocenters. The highest BCUT2D eigenvalue weighted by molar-refractivity contribution is 6.03. The molecule has 184 valence electrons. The van der Waals surface area contributed by atoms with Crippen LogP contribution in [0.3, 0.4) is 0 Å². The summed E-state index contributed by atoms with van der Waals surface area (Å²) in [5.41, 5.74) is 3.04. The number of hydrogen-bond donors (Lipinski definition) is 1. The van der Waals surface area contributed by atoms with Crippen molar-refractivity contribution in [3.8, 4) is 11.5 Å². The van der Waals surface area contributed by atoms with E-state index in [1.165, 1.54) is 19.2 Å². The van der Waals surface area contributed by atoms with Crippen molar-refractivity contribution in [2.24, 2.45) is 16.9 Å². The zero-order valence-corrected chi connectivity index (χ0v) is 19.8. The predicted molar refractivity (Wildman–Crippen MR) is 125 cm³/mol. The van der Waals surface area contributed by atoms with E-state index in [9.17, 15) is 18.0 Å². The van der Waals surface area contributed by atoms with E-state index in [2.05, 4.69) is 10.1 Å². The van der Waals surface area contributed by atoms with E-state index < -0.39 is 6.36 Å². The third-order valence-electron chi connectivity index (χ3n) is 5.66. The van der Waals surface area contributed by atoms with E-state index in [0.717, 1.165) is 36.3 Å². The van der Waals surface area contributed by atoms with Gasteiger partial charge in [0.25, 0.3) is 0 Å². The minimum atomic E-state index is -4.82. The molecular weight excluding hydrogens is 447 g/mol. The van der Waals surface area contributed by atoms with Gasteiger partial charge in [0, 0.05) is 29.6 Å². The summed E-state index contributed by atoms with van der Waals surface area (Å²) >= 11 is 0. The molecule has 1 amide bonds. The summed E-state index contributed by atoms with van der Waals surface area (Å²) in [4.78, 5) is 11.9. The Balaban J connectivity index is 1.81. The molecule has 0 aromatic heterocycles. The van der Waals surface area contributed by atoms with Crippen LogP contribution in [-0.2, 0) is 11.3 Å². The number of halogens is 3. The number of nitrogens with one attached hydrogen (secondary N) is 1. The number of ether oxygens (including phenoxy) is 2. The lowest BCUT2D eigenvalue weighted by Crippen LogP contribution is -2.32. The van der Waals surface area contributed by atoms with Crippen molar-refractivity contribution >= 4 is 17.3 Å². The number of carbonyl (C=O) groups is 1. The Morgan fingerprint density at radius 3 is 2.47 bits per heavy atom. The van der Waals surface area contributed by atoms with Crippen molar-refractivity contribution in [2.75, 3.05) is 19.0 Å². The third kappa shape index (κ3) is 6.65. The zero-order chi connectivity index (χ0) is 24.9. The molecule has 1 N–H and O–H groups in total. The number of rotatable bonds is 8. The van der Waals surface area contributed by atoms with E-state index in [4.69, 9.17) is 9.84 Å². The van der Waals surface area contributed by atoms with Crippen molar-refractivity contribution in [1.82, 2.24) is 5.01 Å². The number of carbonyl (C=O) groups excluding carboxylic acids is 1. The molecule has 0 saturated heterocycles. The normalized spacial score (nSPS) is 16.3. The van der Waals surface area contributed by atoms with Gasteiger partial charge in [0.2, 0.25) is 5.91 Å². The first kappa shape index (κ1) is 25.4. The molecule has 2 aromatic carbocycles. The Bertz CT molecular complexity index is 1020. The van der Waals surface area contributed by atoms with Crippen LogP contribution in [0.25, 0.3) is 0 Å². The number of benzene rings is 2. The van der Waals surface area contributed by atoms with Crippen LogP contribution in [0.4, 0.5) is 18.9 Å². The Morgan fingerprint density at radius 2 is 1.88 bits per heavy atom. The van der Waals surface area contributed by atoms with E-state index in [1.807, 2.05) is 50.0 Å². The highest BCUT2D eigenvalue weighted by Crippen LogP contribution is 2.35. The summed E-state index contributed by atoms with van der Waals surface area (Å²) in [7, 11) is 1.30. The predicted octanol–water partition coefficient (Wildman–Crippen LogP) is 5.82. The highest BCUT2D eigenvalue weighted by Gasteiger charge is 2.33. The van der Waals surface area contributed by atoms with Crippen molar-refractivity contribution in [3.05, 3.63) is 53.6 Å². The summed E-state index contributed by atoms with van der Waals surface area (Å²) in [6, 6.07) is 12.1. The Kier molecular flexibility index (Phi) is 8.06. The molecule has 1 aliphatic heterocycles. The van der Waals surface area contributed by atoms with Crippen LogP contribution in [0.15, 0.2) is 47.6 Å². The number of alkyl halides is 3. The topological polar surface area (TPSA) is 63.2 Å². The zero-order valence-electron chi connectivity index (χ0n) is 19.8. The SMILES string of the molecule is CCC1CCN(Cc2ccc(NC(=O)C(C)C)cc2)N=C1c1ccc(OC)c(OC(F)(F)F)c1. The van der Waals surface area contributed by atoms with Gasteiger partial charge in [-0.3, -0.25) is 9.80 Å². The molecule has 0 saturated carbocycles. The molecule has 0 aliphatic carbocycles. The largest absolute Gasteiger partial charge is 0.573 e. The molecule has 34 heavy (non-hydrogen) atoms. The molecule has 9 heteroatoms. The maximum atomic E-state index is 12.9. The second kappa shape index (κ2) is 10.8. The fourth-order valence-electron chi connectivity index (χ4n) is 3.76. The van der Waals surface area contributed by atoms with Crippen molar-refractivity contribution < 1.29 is 27.4 Å². The summed E-state index contributed by atoms with van der Waals surface area (Å²) in [5.74, 6) is -0.408. The quantitative estimate of drug-likeness (QED) is 0.520. The lowest BCUT2D eigenvalue weighted by Gasteiger charge is -2.31. The third-order valence-corrected chi connectivity index (χ3v) is 5.66. The summed E-state index contributed by atoms with van der Waals surface area (Å²) in [5, 5.41) is 9.57. The van der Waals surface area contributed by atoms with Gasteiger partial charge in [0.1, 0.15) is 0 Å². The van der Waals surface area contributed by atoms with E-state index in [1.54, 1.807) is 6.07 Å². The molecule has 3 rings (SSSR count). The van der Waals surface area contributed by atoms with Gasteiger partial charge in [-0.2, -0.15) is 5.10 Å². The lowest BCUT2D eigenvalue weighted by molar-refractivity contribution is -0.275.